The molecule has 0 saturated carbocycles. The first-order chi connectivity index (χ1) is 2.77. The molecule has 2 nitrogen and oxygen atoms in total. The Bertz CT molecular complexity index is 109. The van der Waals surface area contributed by atoms with Crippen molar-refractivity contribution in [2.45, 2.75) is 0 Å². The second kappa shape index (κ2) is 3.57. The topological polar surface area (TPSA) is 29.4 Å². The summed E-state index contributed by atoms with van der Waals surface area (Å²) >= 11 is 0. The fraction of sp³-hybridized carbons (Fsp3) is 0. The summed E-state index contributed by atoms with van der Waals surface area (Å²) in [6.07, 6.45) is 0. The van der Waals surface area contributed by atoms with E-state index in [1.807, 2.05) is 0 Å². The van der Waals surface area contributed by atoms with Gasteiger partial charge in [-0.1, -0.05) is 0 Å². The molecule has 6 heteroatoms. The van der Waals surface area contributed by atoms with Crippen LogP contribution >= 0.6 is 8.02 Å². The molecule has 0 saturated heterocycles. The van der Waals surface area contributed by atoms with Crippen LogP contribution in [0.1, 0.15) is 0 Å². The zero-order valence-corrected chi connectivity index (χ0v) is 4.73. The van der Waals surface area contributed by atoms with E-state index in [9.17, 15) is 4.21 Å². The van der Waals surface area contributed by atoms with Crippen LogP contribution in [0.2, 0.25) is 0 Å². The van der Waals surface area contributed by atoms with E-state index in [0.717, 1.165) is 6.96 Å². The van der Waals surface area contributed by atoms with Gasteiger partial charge in [0.1, 0.15) is 0 Å². The molecule has 30 valence electrons. The third-order valence-corrected chi connectivity index (χ3v) is 0.786. The standard InChI is InChI=1S/B2HNOPS/c1-2-3-6(4)5/h5H/q-1. The molecule has 0 amide bonds. The molecule has 0 aromatic heterocycles. The molecule has 0 unspecified atom stereocenters. The second-order valence-electron chi connectivity index (χ2n) is 0.504. The van der Waals surface area contributed by atoms with Crippen molar-refractivity contribution in [3.63, 3.8) is 0 Å². The summed E-state index contributed by atoms with van der Waals surface area (Å²) in [4.78, 5) is 0. The van der Waals surface area contributed by atoms with E-state index in [4.69, 9.17) is 7.74 Å². The average molecular weight is 116 g/mol. The van der Waals surface area contributed by atoms with Crippen LogP contribution in [0.4, 0.5) is 0 Å². The van der Waals surface area contributed by atoms with Crippen molar-refractivity contribution in [2.75, 3.05) is 0 Å². The Labute approximate surface area is 42.1 Å². The first-order valence-corrected chi connectivity index (χ1v) is 3.48. The van der Waals surface area contributed by atoms with Gasteiger partial charge in [0, 0.05) is 0 Å². The molecule has 0 aliphatic carbocycles. The third-order valence-electron chi connectivity index (χ3n) is 0.157. The van der Waals surface area contributed by atoms with E-state index in [1.165, 1.54) is 0 Å². The van der Waals surface area contributed by atoms with Crippen molar-refractivity contribution >= 4 is 32.9 Å². The Balaban J connectivity index is 3.62. The average Bonchev–Trinajstić information content (AvgIpc) is 1.35. The van der Waals surface area contributed by atoms with Crippen LogP contribution in [0, 0.1) is 0 Å². The molecular weight excluding hydrogens is 115 g/mol. The van der Waals surface area contributed by atoms with Gasteiger partial charge in [0.25, 0.3) is 0 Å². The second-order valence-corrected chi connectivity index (χ2v) is 2.26. The van der Waals surface area contributed by atoms with E-state index < -0.39 is 10.2 Å². The molecule has 0 aromatic rings. The zero-order chi connectivity index (χ0) is 4.99. The van der Waals surface area contributed by atoms with Crippen LogP contribution in [0.5, 0.6) is 0 Å². The molecule has 2 radical (unpaired) electrons. The molecule has 0 aliphatic rings. The van der Waals surface area contributed by atoms with Gasteiger partial charge in [0.05, 0.1) is 0 Å². The molecule has 0 rings (SSSR count). The maximum atomic E-state index is 9.79. The van der Waals surface area contributed by atoms with Crippen LogP contribution in [0.3, 0.4) is 0 Å². The summed E-state index contributed by atoms with van der Waals surface area (Å²) < 4.78 is 13.0. The van der Waals surface area contributed by atoms with Crippen molar-refractivity contribution in [2.24, 2.45) is 4.30 Å². The fourth-order valence-corrected chi connectivity index (χ4v) is 0.348. The minimum absolute atomic E-state index is 0.975. The number of hydrogen-bond donors (Lipinski definition) is 0. The van der Waals surface area contributed by atoms with Gasteiger partial charge < -0.3 is 0 Å². The van der Waals surface area contributed by atoms with Crippen molar-refractivity contribution in [3.8, 4) is 0 Å². The zero-order valence-electron chi connectivity index (χ0n) is 2.92. The number of nitrogens with zero attached hydrogens (tertiary/aromatic N) is 1. The van der Waals surface area contributed by atoms with Gasteiger partial charge >= 0.3 is 41.4 Å². The monoisotopic (exact) mass is 116 g/mol. The van der Waals surface area contributed by atoms with E-state index in [0.29, 0.717) is 0 Å². The molecular formula is HB2NOPS-. The predicted octanol–water partition coefficient (Wildman–Crippen LogP) is -0.106. The number of rotatable bonds is 1. The predicted molar refractivity (Wildman–Crippen MR) is 30.3 cm³/mol. The van der Waals surface area contributed by atoms with Crippen molar-refractivity contribution in [3.05, 3.63) is 0 Å². The van der Waals surface area contributed by atoms with Crippen LogP contribution in [0.25, 0.3) is 0 Å². The minimum atomic E-state index is -1.32. The normalized spacial score (nSPS) is 9.50. The van der Waals surface area contributed by atoms with Crippen molar-refractivity contribution < 1.29 is 4.21 Å². The SMILES string of the molecule is [B]B=N[S-](=O)=P. The van der Waals surface area contributed by atoms with Gasteiger partial charge in [0.2, 0.25) is 0 Å². The van der Waals surface area contributed by atoms with Crippen LogP contribution in [0.15, 0.2) is 4.30 Å². The van der Waals surface area contributed by atoms with E-state index in [1.54, 1.807) is 0 Å². The van der Waals surface area contributed by atoms with Gasteiger partial charge in [-0.2, -0.15) is 0 Å². The van der Waals surface area contributed by atoms with Crippen LogP contribution in [-0.4, -0.2) is 14.7 Å². The molecule has 6 heavy (non-hydrogen) atoms. The molecule has 0 spiro atoms. The molecule has 0 fully saturated rings. The summed E-state index contributed by atoms with van der Waals surface area (Å²) in [7, 11) is 6.07. The molecule has 0 bridgehead atoms. The Morgan fingerprint density at radius 1 is 2.00 bits per heavy atom. The quantitative estimate of drug-likeness (QED) is 0.267. The van der Waals surface area contributed by atoms with E-state index in [-0.39, 0.29) is 0 Å². The van der Waals surface area contributed by atoms with Gasteiger partial charge in [-0.3, -0.25) is 0 Å². The van der Waals surface area contributed by atoms with Gasteiger partial charge in [0.15, 0.2) is 0 Å². The van der Waals surface area contributed by atoms with E-state index >= 15 is 0 Å². The van der Waals surface area contributed by atoms with Crippen molar-refractivity contribution in [1.29, 1.82) is 0 Å². The summed E-state index contributed by atoms with van der Waals surface area (Å²) in [6, 6.07) is 0. The first kappa shape index (κ1) is 6.38. The van der Waals surface area contributed by atoms with Gasteiger partial charge in [-0.25, -0.2) is 0 Å². The molecule has 0 atom stereocenters. The summed E-state index contributed by atoms with van der Waals surface area (Å²) in [5, 5.41) is 0. The van der Waals surface area contributed by atoms with Crippen molar-refractivity contribution in [1.82, 2.24) is 0 Å². The number of hydrogen-bond acceptors (Lipinski definition) is 2. The molecule has 0 N–H and O–H groups in total. The van der Waals surface area contributed by atoms with E-state index in [2.05, 4.69) is 12.3 Å². The molecule has 0 aliphatic heterocycles. The summed E-state index contributed by atoms with van der Waals surface area (Å²) in [5.74, 6) is 0. The van der Waals surface area contributed by atoms with Crippen LogP contribution < -0.4 is 0 Å². The third kappa shape index (κ3) is 4.38. The Morgan fingerprint density at radius 3 is 2.50 bits per heavy atom. The Hall–Kier alpha value is 0.380. The van der Waals surface area contributed by atoms with Crippen LogP contribution in [-0.2, 0) is 14.4 Å². The van der Waals surface area contributed by atoms with Gasteiger partial charge in [-0.05, 0) is 0 Å². The molecule has 0 heterocycles. The first-order valence-electron chi connectivity index (χ1n) is 1.14. The Morgan fingerprint density at radius 2 is 2.50 bits per heavy atom. The summed E-state index contributed by atoms with van der Waals surface area (Å²) in [6.45, 7) is 0.975. The summed E-state index contributed by atoms with van der Waals surface area (Å²) in [5.41, 5.74) is 0. The van der Waals surface area contributed by atoms with Gasteiger partial charge in [-0.15, -0.1) is 0 Å². The Kier molecular flexibility index (Phi) is 3.79. The molecule has 0 aromatic carbocycles. The fourth-order valence-electron chi connectivity index (χ4n) is 0.0553. The maximum absolute atomic E-state index is 9.79.